The van der Waals surface area contributed by atoms with Gasteiger partial charge < -0.3 is 20.1 Å². The smallest absolute Gasteiger partial charge is 0.252 e. The first-order valence-corrected chi connectivity index (χ1v) is 12.3. The Labute approximate surface area is 212 Å². The number of aromatic nitrogens is 1. The highest BCUT2D eigenvalue weighted by Crippen LogP contribution is 2.36. The number of aliphatic hydroxyl groups is 1. The van der Waals surface area contributed by atoms with Crippen molar-refractivity contribution in [3.63, 3.8) is 0 Å². The van der Waals surface area contributed by atoms with E-state index in [1.165, 1.54) is 0 Å². The van der Waals surface area contributed by atoms with Gasteiger partial charge in [-0.05, 0) is 63.1 Å². The van der Waals surface area contributed by atoms with Crippen LogP contribution in [0.4, 0.5) is 0 Å². The van der Waals surface area contributed by atoms with Gasteiger partial charge >= 0.3 is 0 Å². The molecule has 1 atom stereocenters. The SMILES string of the molecule is CCn1cc(C[C@@H](CO)c2cc(C#Cc3ccccc3)cc(C(N)=O)c2OC(C)C)c2ccccc21. The molecule has 0 aliphatic heterocycles. The molecule has 1 aromatic heterocycles. The second-order valence-electron chi connectivity index (χ2n) is 9.13. The first-order valence-electron chi connectivity index (χ1n) is 12.3. The van der Waals surface area contributed by atoms with Crippen molar-refractivity contribution in [1.29, 1.82) is 0 Å². The lowest BCUT2D eigenvalue weighted by Gasteiger charge is -2.23. The predicted molar refractivity (Wildman–Crippen MR) is 144 cm³/mol. The maximum atomic E-state index is 12.5. The number of aryl methyl sites for hydroxylation is 1. The lowest BCUT2D eigenvalue weighted by atomic mass is 9.88. The molecule has 36 heavy (non-hydrogen) atoms. The van der Waals surface area contributed by atoms with Crippen molar-refractivity contribution in [3.05, 3.63) is 101 Å². The van der Waals surface area contributed by atoms with Crippen molar-refractivity contribution in [2.24, 2.45) is 5.73 Å². The fourth-order valence-electron chi connectivity index (χ4n) is 4.53. The molecule has 3 N–H and O–H groups in total. The highest BCUT2D eigenvalue weighted by molar-refractivity contribution is 5.96. The summed E-state index contributed by atoms with van der Waals surface area (Å²) < 4.78 is 8.33. The van der Waals surface area contributed by atoms with Gasteiger partial charge in [0.25, 0.3) is 5.91 Å². The predicted octanol–water partition coefficient (Wildman–Crippen LogP) is 5.27. The minimum Gasteiger partial charge on any atom is -0.490 e. The number of carbonyl (C=O) groups is 1. The Balaban J connectivity index is 1.84. The van der Waals surface area contributed by atoms with Crippen molar-refractivity contribution in [1.82, 2.24) is 4.57 Å². The van der Waals surface area contributed by atoms with Crippen LogP contribution in [0.15, 0.2) is 72.9 Å². The molecule has 0 fully saturated rings. The Morgan fingerprint density at radius 2 is 1.72 bits per heavy atom. The number of amides is 1. The molecule has 0 saturated carbocycles. The summed E-state index contributed by atoms with van der Waals surface area (Å²) in [6.07, 6.45) is 2.54. The third kappa shape index (κ3) is 5.45. The summed E-state index contributed by atoms with van der Waals surface area (Å²) >= 11 is 0. The van der Waals surface area contributed by atoms with E-state index < -0.39 is 5.91 Å². The largest absolute Gasteiger partial charge is 0.490 e. The fraction of sp³-hybridized carbons (Fsp3) is 0.258. The molecule has 0 radical (unpaired) electrons. The molecule has 0 spiro atoms. The molecule has 1 heterocycles. The standard InChI is InChI=1S/C31H32N2O3/c1-4-33-19-24(26-12-8-9-13-29(26)33)18-25(20-34)27-16-23(15-14-22-10-6-5-7-11-22)17-28(31(32)35)30(27)36-21(2)3/h5-13,16-17,19,21,25,34H,4,18,20H2,1-3H3,(H2,32,35)/t25-/m0/s1. The number of nitrogens with two attached hydrogens (primary N) is 1. The maximum absolute atomic E-state index is 12.5. The normalized spacial score (nSPS) is 11.8. The van der Waals surface area contributed by atoms with Crippen molar-refractivity contribution in [2.75, 3.05) is 6.61 Å². The zero-order chi connectivity index (χ0) is 25.7. The molecule has 0 bridgehead atoms. The highest BCUT2D eigenvalue weighted by Gasteiger charge is 2.24. The van der Waals surface area contributed by atoms with Gasteiger partial charge in [0.05, 0.1) is 18.3 Å². The Morgan fingerprint density at radius 3 is 2.39 bits per heavy atom. The summed E-state index contributed by atoms with van der Waals surface area (Å²) in [6.45, 7) is 6.65. The van der Waals surface area contributed by atoms with Gasteiger partial charge in [0.1, 0.15) is 5.75 Å². The molecular formula is C31H32N2O3. The molecule has 5 nitrogen and oxygen atoms in total. The van der Waals surface area contributed by atoms with E-state index in [0.29, 0.717) is 17.7 Å². The number of primary amides is 1. The van der Waals surface area contributed by atoms with Crippen LogP contribution in [0.1, 0.15) is 59.3 Å². The first-order chi connectivity index (χ1) is 17.4. The van der Waals surface area contributed by atoms with Crippen LogP contribution in [0.5, 0.6) is 5.75 Å². The van der Waals surface area contributed by atoms with E-state index in [1.54, 1.807) is 6.07 Å². The van der Waals surface area contributed by atoms with E-state index in [4.69, 9.17) is 10.5 Å². The Morgan fingerprint density at radius 1 is 1.03 bits per heavy atom. The summed E-state index contributed by atoms with van der Waals surface area (Å²) in [5, 5.41) is 11.7. The molecule has 0 unspecified atom stereocenters. The Hall–Kier alpha value is -4.01. The number of para-hydroxylation sites is 1. The molecule has 0 saturated heterocycles. The monoisotopic (exact) mass is 480 g/mol. The molecule has 3 aromatic carbocycles. The van der Waals surface area contributed by atoms with Crippen LogP contribution >= 0.6 is 0 Å². The number of rotatable bonds is 8. The molecule has 0 aliphatic carbocycles. The molecule has 1 amide bonds. The van der Waals surface area contributed by atoms with Crippen LogP contribution in [0.3, 0.4) is 0 Å². The van der Waals surface area contributed by atoms with Gasteiger partial charge in [-0.3, -0.25) is 4.79 Å². The quantitative estimate of drug-likeness (QED) is 0.338. The van der Waals surface area contributed by atoms with E-state index in [1.807, 2.05) is 62.4 Å². The number of aliphatic hydroxyl groups excluding tert-OH is 1. The zero-order valence-corrected chi connectivity index (χ0v) is 21.0. The lowest BCUT2D eigenvalue weighted by molar-refractivity contribution is 0.0994. The Kier molecular flexibility index (Phi) is 7.77. The number of benzene rings is 3. The summed E-state index contributed by atoms with van der Waals surface area (Å²) in [7, 11) is 0. The van der Waals surface area contributed by atoms with Gasteiger partial charge in [-0.2, -0.15) is 0 Å². The number of hydrogen-bond donors (Lipinski definition) is 2. The molecule has 5 heteroatoms. The number of nitrogens with zero attached hydrogens (tertiary/aromatic N) is 1. The first kappa shape index (κ1) is 25.1. The number of ether oxygens (including phenoxy) is 1. The summed E-state index contributed by atoms with van der Waals surface area (Å²) in [6, 6.07) is 21.5. The van der Waals surface area contributed by atoms with Crippen LogP contribution < -0.4 is 10.5 Å². The van der Waals surface area contributed by atoms with Crippen LogP contribution in [-0.2, 0) is 13.0 Å². The summed E-state index contributed by atoms with van der Waals surface area (Å²) in [5.41, 5.74) is 10.6. The maximum Gasteiger partial charge on any atom is 0.252 e. The molecular weight excluding hydrogens is 448 g/mol. The number of carbonyl (C=O) groups excluding carboxylic acids is 1. The fourth-order valence-corrected chi connectivity index (χ4v) is 4.53. The van der Waals surface area contributed by atoms with E-state index in [9.17, 15) is 9.90 Å². The summed E-state index contributed by atoms with van der Waals surface area (Å²) in [5.74, 6) is 5.83. The van der Waals surface area contributed by atoms with Crippen molar-refractivity contribution >= 4 is 16.8 Å². The van der Waals surface area contributed by atoms with Crippen LogP contribution in [-0.4, -0.2) is 28.3 Å². The molecule has 0 aliphatic rings. The minimum atomic E-state index is -0.588. The van der Waals surface area contributed by atoms with Gasteiger partial charge in [-0.25, -0.2) is 0 Å². The van der Waals surface area contributed by atoms with Crippen LogP contribution in [0, 0.1) is 11.8 Å². The van der Waals surface area contributed by atoms with Crippen LogP contribution in [0.2, 0.25) is 0 Å². The summed E-state index contributed by atoms with van der Waals surface area (Å²) in [4.78, 5) is 12.5. The van der Waals surface area contributed by atoms with Gasteiger partial charge in [0.15, 0.2) is 0 Å². The molecule has 4 aromatic rings. The van der Waals surface area contributed by atoms with E-state index in [-0.39, 0.29) is 24.2 Å². The van der Waals surface area contributed by atoms with E-state index >= 15 is 0 Å². The van der Waals surface area contributed by atoms with Gasteiger partial charge in [-0.1, -0.05) is 48.2 Å². The molecule has 184 valence electrons. The minimum absolute atomic E-state index is 0.117. The van der Waals surface area contributed by atoms with Gasteiger partial charge in [0, 0.05) is 46.3 Å². The number of fused-ring (bicyclic) bond motifs is 1. The van der Waals surface area contributed by atoms with E-state index in [2.05, 4.69) is 41.7 Å². The van der Waals surface area contributed by atoms with Crippen LogP contribution in [0.25, 0.3) is 10.9 Å². The third-order valence-electron chi connectivity index (χ3n) is 6.20. The highest BCUT2D eigenvalue weighted by atomic mass is 16.5. The van der Waals surface area contributed by atoms with E-state index in [0.717, 1.165) is 34.1 Å². The second kappa shape index (κ2) is 11.2. The zero-order valence-electron chi connectivity index (χ0n) is 21.0. The topological polar surface area (TPSA) is 77.5 Å². The molecule has 4 rings (SSSR count). The van der Waals surface area contributed by atoms with Crippen molar-refractivity contribution in [2.45, 2.75) is 45.8 Å². The van der Waals surface area contributed by atoms with Gasteiger partial charge in [-0.15, -0.1) is 0 Å². The second-order valence-corrected chi connectivity index (χ2v) is 9.13. The Bertz CT molecular complexity index is 1420. The lowest BCUT2D eigenvalue weighted by Crippen LogP contribution is -2.19. The van der Waals surface area contributed by atoms with Crippen molar-refractivity contribution in [3.8, 4) is 17.6 Å². The van der Waals surface area contributed by atoms with Crippen molar-refractivity contribution < 1.29 is 14.6 Å². The average Bonchev–Trinajstić information content (AvgIpc) is 3.24. The average molecular weight is 481 g/mol. The van der Waals surface area contributed by atoms with Gasteiger partial charge in [0.2, 0.25) is 0 Å². The third-order valence-corrected chi connectivity index (χ3v) is 6.20. The number of hydrogen-bond acceptors (Lipinski definition) is 3.